The fraction of sp³-hybridized carbons (Fsp3) is 0.211. The molecule has 0 saturated heterocycles. The number of nitrogens with zero attached hydrogens (tertiary/aromatic N) is 3. The van der Waals surface area contributed by atoms with Crippen LogP contribution in [0.5, 0.6) is 5.75 Å². The van der Waals surface area contributed by atoms with Crippen LogP contribution in [-0.2, 0) is 11.4 Å². The summed E-state index contributed by atoms with van der Waals surface area (Å²) in [6.45, 7) is 1.95. The largest absolute Gasteiger partial charge is 0.484 e. The lowest BCUT2D eigenvalue weighted by Crippen LogP contribution is -2.33. The summed E-state index contributed by atoms with van der Waals surface area (Å²) >= 11 is 7.05. The van der Waals surface area contributed by atoms with Crippen molar-refractivity contribution in [2.24, 2.45) is 0 Å². The van der Waals surface area contributed by atoms with Gasteiger partial charge in [-0.2, -0.15) is 0 Å². The highest BCUT2D eigenvalue weighted by Gasteiger charge is 2.22. The molecule has 0 bridgehead atoms. The minimum Gasteiger partial charge on any atom is -0.484 e. The quantitative estimate of drug-likeness (QED) is 0.543. The second-order valence-corrected chi connectivity index (χ2v) is 7.43. The van der Waals surface area contributed by atoms with Crippen molar-refractivity contribution in [3.8, 4) is 5.75 Å². The van der Waals surface area contributed by atoms with Crippen LogP contribution >= 0.6 is 23.4 Å². The number of carbonyl (C=O) groups excluding carboxylic acids is 1. The van der Waals surface area contributed by atoms with E-state index in [1.165, 1.54) is 11.8 Å². The van der Waals surface area contributed by atoms with Crippen molar-refractivity contribution < 1.29 is 13.9 Å². The van der Waals surface area contributed by atoms with Crippen LogP contribution in [0.15, 0.2) is 64.2 Å². The summed E-state index contributed by atoms with van der Waals surface area (Å²) in [6, 6.07) is 16.5. The van der Waals surface area contributed by atoms with Gasteiger partial charge in [-0.1, -0.05) is 41.6 Å². The molecule has 0 spiro atoms. The molecule has 1 atom stereocenters. The van der Waals surface area contributed by atoms with Crippen molar-refractivity contribution in [3.05, 3.63) is 65.5 Å². The van der Waals surface area contributed by atoms with E-state index in [0.29, 0.717) is 21.9 Å². The Morgan fingerprint density at radius 1 is 1.19 bits per heavy atom. The molecule has 0 aliphatic rings. The van der Waals surface area contributed by atoms with Gasteiger partial charge in [0.1, 0.15) is 5.75 Å². The number of ether oxygens (including phenoxy) is 1. The number of para-hydroxylation sites is 1. The van der Waals surface area contributed by atoms with Crippen LogP contribution in [0.4, 0.5) is 5.69 Å². The van der Waals surface area contributed by atoms with Gasteiger partial charge in [0.05, 0.1) is 5.25 Å². The van der Waals surface area contributed by atoms with E-state index in [4.69, 9.17) is 20.8 Å². The molecule has 8 heteroatoms. The van der Waals surface area contributed by atoms with Crippen molar-refractivity contribution in [1.29, 1.82) is 0 Å². The second kappa shape index (κ2) is 8.92. The highest BCUT2D eigenvalue weighted by Crippen LogP contribution is 2.25. The van der Waals surface area contributed by atoms with Crippen molar-refractivity contribution in [2.75, 3.05) is 11.9 Å². The fourth-order valence-electron chi connectivity index (χ4n) is 2.27. The first-order valence-corrected chi connectivity index (χ1v) is 9.48. The maximum absolute atomic E-state index is 12.6. The van der Waals surface area contributed by atoms with E-state index >= 15 is 0 Å². The molecule has 6 nitrogen and oxygen atoms in total. The molecule has 1 heterocycles. The number of benzene rings is 2. The highest BCUT2D eigenvalue weighted by atomic mass is 35.5. The number of rotatable bonds is 7. The van der Waals surface area contributed by atoms with E-state index in [-0.39, 0.29) is 17.8 Å². The molecule has 0 saturated carbocycles. The zero-order valence-corrected chi connectivity index (χ0v) is 16.4. The third kappa shape index (κ3) is 5.24. The van der Waals surface area contributed by atoms with Gasteiger partial charge in [-0.25, -0.2) is 0 Å². The van der Waals surface area contributed by atoms with E-state index in [2.05, 4.69) is 10.2 Å². The topological polar surface area (TPSA) is 68.5 Å². The first-order chi connectivity index (χ1) is 13.0. The molecule has 2 aromatic carbocycles. The smallest absolute Gasteiger partial charge is 0.277 e. The van der Waals surface area contributed by atoms with E-state index in [1.807, 2.05) is 30.3 Å². The number of amides is 1. The Bertz CT molecular complexity index is 887. The molecule has 0 N–H and O–H groups in total. The summed E-state index contributed by atoms with van der Waals surface area (Å²) in [5.41, 5.74) is 0.831. The Balaban J connectivity index is 1.55. The summed E-state index contributed by atoms with van der Waals surface area (Å²) in [4.78, 5) is 14.2. The SMILES string of the molecule is CC(Sc1nnc(COc2ccc(Cl)cc2)o1)C(=O)N(C)c1ccccc1. The molecule has 0 aliphatic heterocycles. The van der Waals surface area contributed by atoms with Gasteiger partial charge in [-0.15, -0.1) is 10.2 Å². The lowest BCUT2D eigenvalue weighted by Gasteiger charge is -2.20. The lowest BCUT2D eigenvalue weighted by atomic mass is 10.3. The number of aromatic nitrogens is 2. The van der Waals surface area contributed by atoms with Crippen molar-refractivity contribution >= 4 is 35.0 Å². The predicted octanol–water partition coefficient (Wildman–Crippen LogP) is 4.45. The Morgan fingerprint density at radius 3 is 2.59 bits per heavy atom. The number of hydrogen-bond donors (Lipinski definition) is 0. The molecule has 3 rings (SSSR count). The average Bonchev–Trinajstić information content (AvgIpc) is 3.14. The van der Waals surface area contributed by atoms with Gasteiger partial charge >= 0.3 is 0 Å². The Kier molecular flexibility index (Phi) is 6.36. The summed E-state index contributed by atoms with van der Waals surface area (Å²) in [7, 11) is 1.74. The van der Waals surface area contributed by atoms with Crippen LogP contribution < -0.4 is 9.64 Å². The first kappa shape index (κ1) is 19.3. The van der Waals surface area contributed by atoms with Gasteiger partial charge < -0.3 is 14.1 Å². The standard InChI is InChI=1S/C19H18ClN3O3S/c1-13(18(24)23(2)15-6-4-3-5-7-15)27-19-22-21-17(26-19)12-25-16-10-8-14(20)9-11-16/h3-11,13H,12H2,1-2H3. The normalized spacial score (nSPS) is 11.8. The van der Waals surface area contributed by atoms with E-state index in [0.717, 1.165) is 5.69 Å². The molecule has 0 aliphatic carbocycles. The Labute approximate surface area is 166 Å². The summed E-state index contributed by atoms with van der Waals surface area (Å²) in [5, 5.41) is 8.51. The molecule has 140 valence electrons. The first-order valence-electron chi connectivity index (χ1n) is 8.23. The van der Waals surface area contributed by atoms with E-state index in [1.54, 1.807) is 43.1 Å². The zero-order valence-electron chi connectivity index (χ0n) is 14.8. The van der Waals surface area contributed by atoms with E-state index in [9.17, 15) is 4.79 Å². The molecule has 27 heavy (non-hydrogen) atoms. The van der Waals surface area contributed by atoms with Crippen molar-refractivity contribution in [1.82, 2.24) is 10.2 Å². The average molecular weight is 404 g/mol. The van der Waals surface area contributed by atoms with E-state index < -0.39 is 0 Å². The van der Waals surface area contributed by atoms with Gasteiger partial charge in [0.15, 0.2) is 6.61 Å². The Morgan fingerprint density at radius 2 is 1.89 bits per heavy atom. The third-order valence-electron chi connectivity index (χ3n) is 3.72. The molecular formula is C19H18ClN3O3S. The van der Waals surface area contributed by atoms with Crippen molar-refractivity contribution in [3.63, 3.8) is 0 Å². The maximum atomic E-state index is 12.6. The summed E-state index contributed by atoms with van der Waals surface area (Å²) < 4.78 is 11.1. The molecule has 1 amide bonds. The minimum atomic E-state index is -0.374. The van der Waals surface area contributed by atoms with Crippen LogP contribution in [0.25, 0.3) is 0 Å². The number of thioether (sulfide) groups is 1. The molecule has 1 aromatic heterocycles. The maximum Gasteiger partial charge on any atom is 0.277 e. The molecule has 0 radical (unpaired) electrons. The molecule has 0 fully saturated rings. The van der Waals surface area contributed by atoms with Gasteiger partial charge in [-0.3, -0.25) is 4.79 Å². The van der Waals surface area contributed by atoms with Crippen LogP contribution in [-0.4, -0.2) is 28.4 Å². The van der Waals surface area contributed by atoms with Gasteiger partial charge in [0.25, 0.3) is 11.1 Å². The second-order valence-electron chi connectivity index (χ2n) is 5.70. The van der Waals surface area contributed by atoms with Gasteiger partial charge in [0, 0.05) is 17.8 Å². The third-order valence-corrected chi connectivity index (χ3v) is 4.90. The molecular weight excluding hydrogens is 386 g/mol. The molecule has 3 aromatic rings. The van der Waals surface area contributed by atoms with Crippen molar-refractivity contribution in [2.45, 2.75) is 24.0 Å². The zero-order chi connectivity index (χ0) is 19.2. The number of carbonyl (C=O) groups is 1. The highest BCUT2D eigenvalue weighted by molar-refractivity contribution is 8.00. The number of hydrogen-bond acceptors (Lipinski definition) is 6. The lowest BCUT2D eigenvalue weighted by molar-refractivity contribution is -0.117. The number of anilines is 1. The monoisotopic (exact) mass is 403 g/mol. The predicted molar refractivity (Wildman–Crippen MR) is 105 cm³/mol. The van der Waals surface area contributed by atoms with Gasteiger partial charge in [-0.05, 0) is 43.3 Å². The van der Waals surface area contributed by atoms with Crippen LogP contribution in [0.3, 0.4) is 0 Å². The minimum absolute atomic E-state index is 0.0524. The van der Waals surface area contributed by atoms with Crippen LogP contribution in [0.2, 0.25) is 5.02 Å². The fourth-order valence-corrected chi connectivity index (χ4v) is 3.19. The number of halogens is 1. The summed E-state index contributed by atoms with van der Waals surface area (Å²) in [6.07, 6.45) is 0. The van der Waals surface area contributed by atoms with Gasteiger partial charge in [0.2, 0.25) is 5.91 Å². The van der Waals surface area contributed by atoms with Crippen LogP contribution in [0.1, 0.15) is 12.8 Å². The summed E-state index contributed by atoms with van der Waals surface area (Å²) in [5.74, 6) is 0.937. The van der Waals surface area contributed by atoms with Crippen LogP contribution in [0, 0.1) is 0 Å². The molecule has 1 unspecified atom stereocenters. The Hall–Kier alpha value is -2.51.